The summed E-state index contributed by atoms with van der Waals surface area (Å²) in [6.45, 7) is 0. The number of carbonyl (C=O) groups excluding carboxylic acids is 2. The zero-order valence-electron chi connectivity index (χ0n) is 13.1. The number of rotatable bonds is 4. The van der Waals surface area contributed by atoms with Gasteiger partial charge in [-0.3, -0.25) is 15.0 Å². The summed E-state index contributed by atoms with van der Waals surface area (Å²) in [5.74, 6) is -3.44. The van der Waals surface area contributed by atoms with Crippen molar-refractivity contribution in [2.45, 2.75) is 18.4 Å². The summed E-state index contributed by atoms with van der Waals surface area (Å²) >= 11 is 0. The van der Waals surface area contributed by atoms with Crippen LogP contribution in [0.25, 0.3) is 0 Å². The number of aliphatic carboxylic acids is 1. The Morgan fingerprint density at radius 2 is 1.72 bits per heavy atom. The maximum absolute atomic E-state index is 12.9. The molecule has 7 heteroatoms. The summed E-state index contributed by atoms with van der Waals surface area (Å²) in [7, 11) is 0. The minimum Gasteiger partial charge on any atom is -0.480 e. The summed E-state index contributed by atoms with van der Waals surface area (Å²) in [6.07, 6.45) is -0.0231. The molecule has 25 heavy (non-hydrogen) atoms. The average molecular weight is 342 g/mol. The summed E-state index contributed by atoms with van der Waals surface area (Å²) in [6, 6.07) is 12.4. The smallest absolute Gasteiger partial charge is 0.329 e. The van der Waals surface area contributed by atoms with E-state index in [2.05, 4.69) is 5.43 Å². The van der Waals surface area contributed by atoms with Crippen molar-refractivity contribution in [2.24, 2.45) is 0 Å². The Hall–Kier alpha value is -3.22. The second kappa shape index (κ2) is 6.72. The van der Waals surface area contributed by atoms with Gasteiger partial charge in [0.25, 0.3) is 5.91 Å². The molecule has 0 radical (unpaired) electrons. The molecule has 2 atom stereocenters. The first-order chi connectivity index (χ1) is 12.0. The number of nitrogens with zero attached hydrogens (tertiary/aromatic N) is 1. The Labute approximate surface area is 142 Å². The molecule has 2 aromatic rings. The molecule has 0 spiro atoms. The number of benzene rings is 2. The van der Waals surface area contributed by atoms with Crippen molar-refractivity contribution in [3.63, 3.8) is 0 Å². The van der Waals surface area contributed by atoms with Gasteiger partial charge in [-0.1, -0.05) is 30.3 Å². The fraction of sp³-hybridized carbons (Fsp3) is 0.167. The van der Waals surface area contributed by atoms with E-state index >= 15 is 0 Å². The van der Waals surface area contributed by atoms with Gasteiger partial charge in [0.1, 0.15) is 5.82 Å². The Kier molecular flexibility index (Phi) is 4.47. The quantitative estimate of drug-likeness (QED) is 0.889. The topological polar surface area (TPSA) is 86.7 Å². The minimum atomic E-state index is -1.21. The highest BCUT2D eigenvalue weighted by atomic mass is 19.1. The monoisotopic (exact) mass is 342 g/mol. The number of amides is 2. The lowest BCUT2D eigenvalue weighted by atomic mass is 9.92. The molecule has 1 fully saturated rings. The molecule has 2 unspecified atom stereocenters. The summed E-state index contributed by atoms with van der Waals surface area (Å²) < 4.78 is 12.9. The third kappa shape index (κ3) is 3.35. The van der Waals surface area contributed by atoms with Gasteiger partial charge < -0.3 is 5.11 Å². The van der Waals surface area contributed by atoms with E-state index < -0.39 is 35.6 Å². The number of halogens is 1. The van der Waals surface area contributed by atoms with Crippen molar-refractivity contribution in [3.8, 4) is 0 Å². The van der Waals surface area contributed by atoms with Crippen molar-refractivity contribution in [1.29, 1.82) is 0 Å². The molecular formula is C18H15FN2O4. The first-order valence-electron chi connectivity index (χ1n) is 7.63. The second-order valence-electron chi connectivity index (χ2n) is 5.72. The minimum absolute atomic E-state index is 0.0231. The van der Waals surface area contributed by atoms with E-state index in [4.69, 9.17) is 0 Å². The summed E-state index contributed by atoms with van der Waals surface area (Å²) in [4.78, 5) is 36.2. The zero-order valence-corrected chi connectivity index (χ0v) is 13.1. The van der Waals surface area contributed by atoms with Crippen LogP contribution in [0.2, 0.25) is 0 Å². The Morgan fingerprint density at radius 3 is 2.32 bits per heavy atom. The van der Waals surface area contributed by atoms with Crippen molar-refractivity contribution < 1.29 is 23.9 Å². The fourth-order valence-corrected chi connectivity index (χ4v) is 2.92. The molecule has 1 saturated heterocycles. The van der Waals surface area contributed by atoms with E-state index in [-0.39, 0.29) is 12.0 Å². The molecule has 0 bridgehead atoms. The van der Waals surface area contributed by atoms with Crippen molar-refractivity contribution in [1.82, 2.24) is 10.4 Å². The highest BCUT2D eigenvalue weighted by Gasteiger charge is 2.46. The van der Waals surface area contributed by atoms with Gasteiger partial charge in [0.2, 0.25) is 5.91 Å². The highest BCUT2D eigenvalue weighted by Crippen LogP contribution is 2.33. The highest BCUT2D eigenvalue weighted by molar-refractivity contribution is 5.97. The number of hydrogen-bond acceptors (Lipinski definition) is 3. The molecule has 1 aliphatic rings. The molecule has 3 rings (SSSR count). The zero-order chi connectivity index (χ0) is 18.0. The van der Waals surface area contributed by atoms with Gasteiger partial charge >= 0.3 is 5.97 Å². The number of hydrogen-bond donors (Lipinski definition) is 2. The Balaban J connectivity index is 1.84. The molecule has 2 aromatic carbocycles. The first kappa shape index (κ1) is 16.6. The van der Waals surface area contributed by atoms with Gasteiger partial charge in [-0.05, 0) is 29.8 Å². The number of nitrogens with one attached hydrogen (secondary N) is 1. The molecule has 0 aliphatic carbocycles. The largest absolute Gasteiger partial charge is 0.480 e. The maximum Gasteiger partial charge on any atom is 0.329 e. The molecule has 6 nitrogen and oxygen atoms in total. The molecule has 1 heterocycles. The fourth-order valence-electron chi connectivity index (χ4n) is 2.92. The first-order valence-corrected chi connectivity index (χ1v) is 7.63. The van der Waals surface area contributed by atoms with Crippen LogP contribution in [0.1, 0.15) is 28.3 Å². The Bertz CT molecular complexity index is 808. The van der Waals surface area contributed by atoms with Crippen molar-refractivity contribution >= 4 is 17.8 Å². The summed E-state index contributed by atoms with van der Waals surface area (Å²) in [5.41, 5.74) is 3.17. The van der Waals surface area contributed by atoms with E-state index in [0.717, 1.165) is 17.1 Å². The predicted molar refractivity (Wildman–Crippen MR) is 85.9 cm³/mol. The maximum atomic E-state index is 12.9. The van der Waals surface area contributed by atoms with Crippen molar-refractivity contribution in [2.75, 3.05) is 0 Å². The van der Waals surface area contributed by atoms with Gasteiger partial charge in [-0.25, -0.2) is 14.2 Å². The van der Waals surface area contributed by atoms with E-state index in [1.54, 1.807) is 30.3 Å². The van der Waals surface area contributed by atoms with E-state index in [9.17, 15) is 23.9 Å². The van der Waals surface area contributed by atoms with E-state index in [1.807, 2.05) is 0 Å². The predicted octanol–water partition coefficient (Wildman–Crippen LogP) is 1.94. The lowest BCUT2D eigenvalue weighted by molar-refractivity contribution is -0.148. The van der Waals surface area contributed by atoms with Crippen LogP contribution in [0, 0.1) is 5.82 Å². The van der Waals surface area contributed by atoms with Crippen LogP contribution in [0.15, 0.2) is 54.6 Å². The molecule has 128 valence electrons. The number of carbonyl (C=O) groups is 3. The lowest BCUT2D eigenvalue weighted by Crippen LogP contribution is -2.51. The van der Waals surface area contributed by atoms with Crippen LogP contribution >= 0.6 is 0 Å². The standard InChI is InChI=1S/C18H15FN2O4/c19-13-8-6-12(7-9-13)17(23)20-21-15(22)10-14(16(21)18(24)25)11-4-2-1-3-5-11/h1-9,14,16H,10H2,(H,20,23)(H,24,25). The summed E-state index contributed by atoms with van der Waals surface area (Å²) in [5, 5.41) is 10.4. The number of carboxylic acids is 1. The van der Waals surface area contributed by atoms with Crippen LogP contribution in [-0.4, -0.2) is 33.9 Å². The lowest BCUT2D eigenvalue weighted by Gasteiger charge is -2.25. The second-order valence-corrected chi connectivity index (χ2v) is 5.72. The Morgan fingerprint density at radius 1 is 1.08 bits per heavy atom. The van der Waals surface area contributed by atoms with Gasteiger partial charge in [0, 0.05) is 17.9 Å². The number of hydrazine groups is 1. The van der Waals surface area contributed by atoms with Gasteiger partial charge in [0.15, 0.2) is 6.04 Å². The molecule has 0 saturated carbocycles. The third-order valence-corrected chi connectivity index (χ3v) is 4.13. The van der Waals surface area contributed by atoms with Gasteiger partial charge in [0.05, 0.1) is 0 Å². The molecular weight excluding hydrogens is 327 g/mol. The molecule has 1 aliphatic heterocycles. The van der Waals surface area contributed by atoms with E-state index in [1.165, 1.54) is 12.1 Å². The van der Waals surface area contributed by atoms with Gasteiger partial charge in [-0.15, -0.1) is 0 Å². The van der Waals surface area contributed by atoms with Crippen LogP contribution in [0.3, 0.4) is 0 Å². The third-order valence-electron chi connectivity index (χ3n) is 4.13. The van der Waals surface area contributed by atoms with Crippen LogP contribution in [-0.2, 0) is 9.59 Å². The van der Waals surface area contributed by atoms with Crippen LogP contribution < -0.4 is 5.43 Å². The van der Waals surface area contributed by atoms with Crippen molar-refractivity contribution in [3.05, 3.63) is 71.5 Å². The van der Waals surface area contributed by atoms with Gasteiger partial charge in [-0.2, -0.15) is 0 Å². The molecule has 0 aromatic heterocycles. The molecule has 2 N–H and O–H groups in total. The molecule has 2 amide bonds. The van der Waals surface area contributed by atoms with Crippen LogP contribution in [0.4, 0.5) is 4.39 Å². The SMILES string of the molecule is O=C(NN1C(=O)CC(c2ccccc2)C1C(=O)O)c1ccc(F)cc1. The average Bonchev–Trinajstić information content (AvgIpc) is 2.93. The van der Waals surface area contributed by atoms with Crippen LogP contribution in [0.5, 0.6) is 0 Å². The van der Waals surface area contributed by atoms with E-state index in [0.29, 0.717) is 5.56 Å². The normalized spacial score (nSPS) is 19.7. The number of carboxylic acid groups (broad SMARTS) is 1.